The zero-order chi connectivity index (χ0) is 12.8. The van der Waals surface area contributed by atoms with Crippen molar-refractivity contribution in [2.45, 2.75) is 26.0 Å². The monoisotopic (exact) mass is 413 g/mol. The molecule has 2 aromatic rings. The van der Waals surface area contributed by atoms with Gasteiger partial charge in [-0.3, -0.25) is 0 Å². The molecule has 0 saturated carbocycles. The quantitative estimate of drug-likeness (QED) is 0.608. The first-order valence-electron chi connectivity index (χ1n) is 4.88. The third kappa shape index (κ3) is 2.60. The summed E-state index contributed by atoms with van der Waals surface area (Å²) in [6.07, 6.45) is 0. The van der Waals surface area contributed by atoms with E-state index in [0.717, 1.165) is 0 Å². The second kappa shape index (κ2) is 4.43. The Morgan fingerprint density at radius 3 is 2.82 bits per heavy atom. The minimum atomic E-state index is -0.931. The fourth-order valence-corrected chi connectivity index (χ4v) is 3.08. The maximum Gasteiger partial charge on any atom is 0.153 e. The number of nitrogens with zero attached hydrogens (tertiary/aromatic N) is 3. The molecule has 0 saturated heterocycles. The number of hydrogen-bond acceptors (Lipinski definition) is 3. The first kappa shape index (κ1) is 13.2. The molecule has 0 aliphatic carbocycles. The summed E-state index contributed by atoms with van der Waals surface area (Å²) < 4.78 is 16.1. The minimum absolute atomic E-state index is 0.252. The summed E-state index contributed by atoms with van der Waals surface area (Å²) in [5.41, 5.74) is 0.233. The molecule has 0 aliphatic heterocycles. The van der Waals surface area contributed by atoms with Crippen LogP contribution >= 0.6 is 38.5 Å². The average Bonchev–Trinajstić information content (AvgIpc) is 2.55. The van der Waals surface area contributed by atoms with E-state index in [9.17, 15) is 9.50 Å². The van der Waals surface area contributed by atoms with Crippen molar-refractivity contribution in [3.63, 3.8) is 0 Å². The van der Waals surface area contributed by atoms with Gasteiger partial charge in [0, 0.05) is 0 Å². The summed E-state index contributed by atoms with van der Waals surface area (Å²) in [4.78, 5) is 0. The second-order valence-electron chi connectivity index (χ2n) is 4.41. The molecule has 17 heavy (non-hydrogen) atoms. The summed E-state index contributed by atoms with van der Waals surface area (Å²) in [5, 5.41) is 17.7. The van der Waals surface area contributed by atoms with E-state index >= 15 is 0 Å². The molecule has 0 radical (unpaired) electrons. The average molecular weight is 414 g/mol. The van der Waals surface area contributed by atoms with Crippen LogP contribution in [0.3, 0.4) is 0 Å². The van der Waals surface area contributed by atoms with Crippen LogP contribution in [0, 0.1) is 9.39 Å². The van der Waals surface area contributed by atoms with Crippen LogP contribution in [0.5, 0.6) is 0 Å². The van der Waals surface area contributed by atoms with Gasteiger partial charge >= 0.3 is 0 Å². The summed E-state index contributed by atoms with van der Waals surface area (Å²) in [6.45, 7) is 3.58. The molecule has 0 atom stereocenters. The van der Waals surface area contributed by atoms with Crippen LogP contribution in [0.15, 0.2) is 10.5 Å². The van der Waals surface area contributed by atoms with Gasteiger partial charge in [-0.1, -0.05) is 5.21 Å². The van der Waals surface area contributed by atoms with E-state index in [0.29, 0.717) is 19.1 Å². The topological polar surface area (TPSA) is 50.9 Å². The van der Waals surface area contributed by atoms with E-state index in [-0.39, 0.29) is 12.4 Å². The molecular weight excluding hydrogens is 404 g/mol. The molecule has 0 amide bonds. The van der Waals surface area contributed by atoms with Crippen LogP contribution in [0.25, 0.3) is 11.0 Å². The molecule has 4 nitrogen and oxygen atoms in total. The van der Waals surface area contributed by atoms with Crippen LogP contribution in [-0.2, 0) is 6.54 Å². The Bertz CT molecular complexity index is 579. The van der Waals surface area contributed by atoms with Crippen LogP contribution in [0.2, 0.25) is 0 Å². The number of aromatic nitrogens is 3. The Hall–Kier alpha value is -0.280. The van der Waals surface area contributed by atoms with Crippen molar-refractivity contribution in [2.75, 3.05) is 0 Å². The lowest BCUT2D eigenvalue weighted by molar-refractivity contribution is 0.0584. The molecule has 1 heterocycles. The highest BCUT2D eigenvalue weighted by Crippen LogP contribution is 2.29. The number of hydrogen-bond donors (Lipinski definition) is 1. The van der Waals surface area contributed by atoms with Crippen molar-refractivity contribution >= 4 is 49.6 Å². The molecule has 0 spiro atoms. The molecule has 0 unspecified atom stereocenters. The van der Waals surface area contributed by atoms with Crippen LogP contribution in [0.1, 0.15) is 13.8 Å². The molecule has 0 aliphatic rings. The van der Waals surface area contributed by atoms with Gasteiger partial charge in [0.25, 0.3) is 0 Å². The molecule has 0 fully saturated rings. The number of aliphatic hydroxyl groups is 1. The Morgan fingerprint density at radius 1 is 1.59 bits per heavy atom. The Morgan fingerprint density at radius 2 is 2.24 bits per heavy atom. The first-order chi connectivity index (χ1) is 7.79. The predicted octanol–water partition coefficient (Wildman–Crippen LogP) is 2.71. The van der Waals surface area contributed by atoms with Gasteiger partial charge in [-0.2, -0.15) is 0 Å². The van der Waals surface area contributed by atoms with Crippen molar-refractivity contribution in [1.82, 2.24) is 15.0 Å². The fraction of sp³-hybridized carbons (Fsp3) is 0.400. The van der Waals surface area contributed by atoms with E-state index in [2.05, 4.69) is 26.2 Å². The van der Waals surface area contributed by atoms with E-state index in [1.54, 1.807) is 19.9 Å². The van der Waals surface area contributed by atoms with E-state index in [4.69, 9.17) is 0 Å². The van der Waals surface area contributed by atoms with Gasteiger partial charge in [0.15, 0.2) is 5.82 Å². The SMILES string of the molecule is CC(C)(O)Cn1nnc2cc(I)c(F)c(Br)c21. The van der Waals surface area contributed by atoms with Crippen molar-refractivity contribution in [3.8, 4) is 0 Å². The summed E-state index contributed by atoms with van der Waals surface area (Å²) >= 11 is 5.11. The van der Waals surface area contributed by atoms with E-state index in [1.807, 2.05) is 22.6 Å². The van der Waals surface area contributed by atoms with Gasteiger partial charge in [0.2, 0.25) is 0 Å². The van der Waals surface area contributed by atoms with E-state index < -0.39 is 5.60 Å². The second-order valence-corrected chi connectivity index (χ2v) is 6.37. The Labute approximate surface area is 119 Å². The molecule has 2 rings (SSSR count). The minimum Gasteiger partial charge on any atom is -0.389 e. The van der Waals surface area contributed by atoms with Crippen LogP contribution in [0.4, 0.5) is 4.39 Å². The third-order valence-electron chi connectivity index (χ3n) is 2.17. The largest absolute Gasteiger partial charge is 0.389 e. The number of benzene rings is 1. The Balaban J connectivity index is 2.64. The van der Waals surface area contributed by atoms with Gasteiger partial charge in [-0.15, -0.1) is 5.10 Å². The molecule has 1 N–H and O–H groups in total. The highest BCUT2D eigenvalue weighted by atomic mass is 127. The van der Waals surface area contributed by atoms with Gasteiger partial charge in [-0.25, -0.2) is 9.07 Å². The highest BCUT2D eigenvalue weighted by Gasteiger charge is 2.20. The van der Waals surface area contributed by atoms with E-state index in [1.165, 1.54) is 4.68 Å². The number of rotatable bonds is 2. The number of halogens is 3. The summed E-state index contributed by atoms with van der Waals surface area (Å²) in [7, 11) is 0. The lowest BCUT2D eigenvalue weighted by Gasteiger charge is -2.17. The standard InChI is InChI=1S/C10H10BrFIN3O/c1-10(2,17)4-16-9-6(14-15-16)3-5(13)8(12)7(9)11/h3,17H,4H2,1-2H3. The van der Waals surface area contributed by atoms with Crippen LogP contribution < -0.4 is 0 Å². The zero-order valence-corrected chi connectivity index (χ0v) is 13.0. The zero-order valence-electron chi connectivity index (χ0n) is 9.21. The highest BCUT2D eigenvalue weighted by molar-refractivity contribution is 14.1. The summed E-state index contributed by atoms with van der Waals surface area (Å²) in [5.74, 6) is -0.336. The van der Waals surface area contributed by atoms with Crippen molar-refractivity contribution in [1.29, 1.82) is 0 Å². The molecule has 92 valence electrons. The fourth-order valence-electron chi connectivity index (χ4n) is 1.52. The lowest BCUT2D eigenvalue weighted by atomic mass is 10.1. The predicted molar refractivity (Wildman–Crippen MR) is 74.2 cm³/mol. The van der Waals surface area contributed by atoms with Gasteiger partial charge in [0.05, 0.1) is 20.2 Å². The molecule has 1 aromatic heterocycles. The first-order valence-corrected chi connectivity index (χ1v) is 6.76. The van der Waals surface area contributed by atoms with Crippen LogP contribution in [-0.4, -0.2) is 25.7 Å². The lowest BCUT2D eigenvalue weighted by Crippen LogP contribution is -2.26. The molecular formula is C10H10BrFIN3O. The molecule has 7 heteroatoms. The van der Waals surface area contributed by atoms with Gasteiger partial charge in [-0.05, 0) is 58.4 Å². The van der Waals surface area contributed by atoms with Gasteiger partial charge in [0.1, 0.15) is 11.0 Å². The Kier molecular flexibility index (Phi) is 3.43. The van der Waals surface area contributed by atoms with Crippen molar-refractivity contribution < 1.29 is 9.50 Å². The number of fused-ring (bicyclic) bond motifs is 1. The third-order valence-corrected chi connectivity index (χ3v) is 3.68. The van der Waals surface area contributed by atoms with Crippen molar-refractivity contribution in [3.05, 3.63) is 19.9 Å². The maximum atomic E-state index is 13.8. The maximum absolute atomic E-state index is 13.8. The van der Waals surface area contributed by atoms with Gasteiger partial charge < -0.3 is 5.11 Å². The molecule has 1 aromatic carbocycles. The summed E-state index contributed by atoms with van der Waals surface area (Å²) in [6, 6.07) is 1.63. The normalized spacial score (nSPS) is 12.4. The molecule has 0 bridgehead atoms. The smallest absolute Gasteiger partial charge is 0.153 e. The van der Waals surface area contributed by atoms with Crippen molar-refractivity contribution in [2.24, 2.45) is 0 Å².